The molecule has 0 saturated carbocycles. The molecule has 2 aromatic rings. The molecule has 0 aliphatic rings. The van der Waals surface area contributed by atoms with Crippen molar-refractivity contribution >= 4 is 15.7 Å². The Balaban J connectivity index is 2.67. The SMILES string of the molecule is O=[N+]([O-])c1ccc(S(=O)(=O)NC(F)(F)F)c(-c2ccccc2)c1. The zero-order valence-electron chi connectivity index (χ0n) is 11.2. The molecular formula is C13H9F3N2O4S. The van der Waals surface area contributed by atoms with Crippen LogP contribution in [0.15, 0.2) is 53.4 Å². The van der Waals surface area contributed by atoms with Crippen LogP contribution in [0.3, 0.4) is 0 Å². The zero-order chi connectivity index (χ0) is 17.3. The third-order valence-electron chi connectivity index (χ3n) is 2.80. The quantitative estimate of drug-likeness (QED) is 0.523. The number of nitrogens with zero attached hydrogens (tertiary/aromatic N) is 1. The number of non-ortho nitro benzene ring substituents is 1. The predicted molar refractivity (Wildman–Crippen MR) is 74.9 cm³/mol. The van der Waals surface area contributed by atoms with E-state index >= 15 is 0 Å². The summed E-state index contributed by atoms with van der Waals surface area (Å²) in [6, 6.07) is 10.1. The summed E-state index contributed by atoms with van der Waals surface area (Å²) >= 11 is 0. The van der Waals surface area contributed by atoms with Crippen LogP contribution in [0.4, 0.5) is 18.9 Å². The molecule has 10 heteroatoms. The first-order chi connectivity index (χ1) is 10.6. The van der Waals surface area contributed by atoms with E-state index in [1.807, 2.05) is 0 Å². The molecule has 0 bridgehead atoms. The molecule has 1 N–H and O–H groups in total. The minimum absolute atomic E-state index is 0.198. The van der Waals surface area contributed by atoms with Crippen molar-refractivity contribution in [2.75, 3.05) is 0 Å². The van der Waals surface area contributed by atoms with E-state index in [1.165, 1.54) is 24.3 Å². The van der Waals surface area contributed by atoms with Gasteiger partial charge in [-0.25, -0.2) is 8.42 Å². The van der Waals surface area contributed by atoms with Crippen LogP contribution in [-0.2, 0) is 10.0 Å². The van der Waals surface area contributed by atoms with Crippen LogP contribution in [0.25, 0.3) is 11.1 Å². The van der Waals surface area contributed by atoms with E-state index in [9.17, 15) is 31.7 Å². The monoisotopic (exact) mass is 346 g/mol. The maximum Gasteiger partial charge on any atom is 0.470 e. The molecule has 0 fully saturated rings. The second-order valence-electron chi connectivity index (χ2n) is 4.41. The summed E-state index contributed by atoms with van der Waals surface area (Å²) in [6.45, 7) is 0. The Bertz CT molecular complexity index is 836. The second kappa shape index (κ2) is 5.97. The number of hydrogen-bond donors (Lipinski definition) is 1. The first-order valence-electron chi connectivity index (χ1n) is 6.05. The molecule has 0 radical (unpaired) electrons. The van der Waals surface area contributed by atoms with E-state index in [0.29, 0.717) is 4.72 Å². The number of alkyl halides is 3. The van der Waals surface area contributed by atoms with Crippen LogP contribution < -0.4 is 4.72 Å². The Kier molecular flexibility index (Phi) is 4.39. The fraction of sp³-hybridized carbons (Fsp3) is 0.0769. The molecule has 0 spiro atoms. The Morgan fingerprint density at radius 2 is 1.65 bits per heavy atom. The lowest BCUT2D eigenvalue weighted by molar-refractivity contribution is -0.384. The molecule has 0 atom stereocenters. The van der Waals surface area contributed by atoms with E-state index < -0.39 is 31.8 Å². The molecule has 0 aromatic heterocycles. The van der Waals surface area contributed by atoms with Gasteiger partial charge < -0.3 is 0 Å². The van der Waals surface area contributed by atoms with Gasteiger partial charge in [0.25, 0.3) is 5.69 Å². The maximum absolute atomic E-state index is 12.4. The van der Waals surface area contributed by atoms with Gasteiger partial charge in [-0.15, -0.1) is 4.72 Å². The number of rotatable bonds is 4. The highest BCUT2D eigenvalue weighted by atomic mass is 32.2. The van der Waals surface area contributed by atoms with Gasteiger partial charge in [-0.1, -0.05) is 30.3 Å². The molecular weight excluding hydrogens is 337 g/mol. The molecule has 0 unspecified atom stereocenters. The van der Waals surface area contributed by atoms with Crippen molar-refractivity contribution in [3.05, 3.63) is 58.6 Å². The Morgan fingerprint density at radius 1 is 1.04 bits per heavy atom. The van der Waals surface area contributed by atoms with Crippen molar-refractivity contribution in [3.8, 4) is 11.1 Å². The van der Waals surface area contributed by atoms with Gasteiger partial charge in [0, 0.05) is 17.7 Å². The Labute approximate surface area is 128 Å². The van der Waals surface area contributed by atoms with Gasteiger partial charge in [0.15, 0.2) is 0 Å². The molecule has 0 amide bonds. The normalized spacial score (nSPS) is 12.1. The van der Waals surface area contributed by atoms with Crippen molar-refractivity contribution < 1.29 is 26.5 Å². The fourth-order valence-electron chi connectivity index (χ4n) is 1.92. The third kappa shape index (κ3) is 4.05. The standard InChI is InChI=1S/C13H9F3N2O4S/c14-13(15,16)17-23(21,22)12-7-6-10(18(19)20)8-11(12)9-4-2-1-3-5-9/h1-8,17H. The molecule has 0 aliphatic heterocycles. The first kappa shape index (κ1) is 16.9. The molecule has 23 heavy (non-hydrogen) atoms. The minimum Gasteiger partial charge on any atom is -0.258 e. The topological polar surface area (TPSA) is 89.3 Å². The number of nitro groups is 1. The van der Waals surface area contributed by atoms with Crippen LogP contribution in [0.5, 0.6) is 0 Å². The summed E-state index contributed by atoms with van der Waals surface area (Å²) in [5, 5.41) is 10.8. The Hall–Kier alpha value is -2.46. The number of benzene rings is 2. The van der Waals surface area contributed by atoms with Crippen molar-refractivity contribution in [1.82, 2.24) is 4.72 Å². The van der Waals surface area contributed by atoms with Gasteiger partial charge in [-0.3, -0.25) is 10.1 Å². The molecule has 0 aliphatic carbocycles. The molecule has 6 nitrogen and oxygen atoms in total. The summed E-state index contributed by atoms with van der Waals surface area (Å²) in [7, 11) is -4.94. The van der Waals surface area contributed by atoms with E-state index in [0.717, 1.165) is 18.2 Å². The van der Waals surface area contributed by atoms with Crippen LogP contribution in [-0.4, -0.2) is 19.6 Å². The highest BCUT2D eigenvalue weighted by Crippen LogP contribution is 2.31. The summed E-state index contributed by atoms with van der Waals surface area (Å²) in [5.41, 5.74) is -0.398. The van der Waals surface area contributed by atoms with Crippen LogP contribution in [0.2, 0.25) is 0 Å². The lowest BCUT2D eigenvalue weighted by Crippen LogP contribution is -2.37. The highest BCUT2D eigenvalue weighted by molar-refractivity contribution is 7.89. The predicted octanol–water partition coefficient (Wildman–Crippen LogP) is 3.06. The average Bonchev–Trinajstić information content (AvgIpc) is 2.45. The van der Waals surface area contributed by atoms with Crippen LogP contribution >= 0.6 is 0 Å². The number of nitrogens with one attached hydrogen (secondary N) is 1. The molecule has 2 rings (SSSR count). The second-order valence-corrected chi connectivity index (χ2v) is 6.06. The number of hydrogen-bond acceptors (Lipinski definition) is 4. The number of sulfonamides is 1. The molecule has 2 aromatic carbocycles. The molecule has 0 saturated heterocycles. The van der Waals surface area contributed by atoms with Crippen molar-refractivity contribution in [1.29, 1.82) is 0 Å². The minimum atomic E-state index is -5.16. The van der Waals surface area contributed by atoms with Crippen LogP contribution in [0.1, 0.15) is 0 Å². The van der Waals surface area contributed by atoms with E-state index in [-0.39, 0.29) is 11.1 Å². The third-order valence-corrected chi connectivity index (χ3v) is 4.23. The van der Waals surface area contributed by atoms with Crippen molar-refractivity contribution in [2.24, 2.45) is 0 Å². The van der Waals surface area contributed by atoms with Gasteiger partial charge >= 0.3 is 6.30 Å². The number of nitro benzene ring substituents is 1. The summed E-state index contributed by atoms with van der Waals surface area (Å²) < 4.78 is 61.6. The highest BCUT2D eigenvalue weighted by Gasteiger charge is 2.36. The Morgan fingerprint density at radius 3 is 2.17 bits per heavy atom. The van der Waals surface area contributed by atoms with Crippen molar-refractivity contribution in [2.45, 2.75) is 11.2 Å². The molecule has 122 valence electrons. The van der Waals surface area contributed by atoms with Gasteiger partial charge in [-0.05, 0) is 11.6 Å². The summed E-state index contributed by atoms with van der Waals surface area (Å²) in [5.74, 6) is 0. The van der Waals surface area contributed by atoms with Crippen LogP contribution in [0, 0.1) is 10.1 Å². The number of halogens is 3. The van der Waals surface area contributed by atoms with E-state index in [2.05, 4.69) is 0 Å². The fourth-order valence-corrected chi connectivity index (χ4v) is 3.04. The average molecular weight is 346 g/mol. The van der Waals surface area contributed by atoms with E-state index in [4.69, 9.17) is 0 Å². The summed E-state index contributed by atoms with van der Waals surface area (Å²) in [6.07, 6.45) is -5.16. The van der Waals surface area contributed by atoms with E-state index in [1.54, 1.807) is 6.07 Å². The van der Waals surface area contributed by atoms with Crippen molar-refractivity contribution in [3.63, 3.8) is 0 Å². The first-order valence-corrected chi connectivity index (χ1v) is 7.53. The smallest absolute Gasteiger partial charge is 0.258 e. The maximum atomic E-state index is 12.4. The van der Waals surface area contributed by atoms with Gasteiger partial charge in [0.05, 0.1) is 9.82 Å². The lowest BCUT2D eigenvalue weighted by Gasteiger charge is -2.13. The van der Waals surface area contributed by atoms with Gasteiger partial charge in [0.2, 0.25) is 10.0 Å². The summed E-state index contributed by atoms with van der Waals surface area (Å²) in [4.78, 5) is 9.37. The lowest BCUT2D eigenvalue weighted by atomic mass is 10.1. The zero-order valence-corrected chi connectivity index (χ0v) is 12.1. The van der Waals surface area contributed by atoms with Gasteiger partial charge in [0.1, 0.15) is 0 Å². The van der Waals surface area contributed by atoms with Gasteiger partial charge in [-0.2, -0.15) is 13.2 Å². The molecule has 0 heterocycles. The largest absolute Gasteiger partial charge is 0.470 e.